The first-order chi connectivity index (χ1) is 10.8. The highest BCUT2D eigenvalue weighted by Crippen LogP contribution is 2.43. The lowest BCUT2D eigenvalue weighted by Crippen LogP contribution is -2.08. The van der Waals surface area contributed by atoms with Crippen LogP contribution in [0.15, 0.2) is 65.8 Å². The fourth-order valence-corrected chi connectivity index (χ4v) is 3.96. The molecular formula is C18H13FN2S. The molecule has 0 saturated heterocycles. The zero-order chi connectivity index (χ0) is 14.9. The lowest BCUT2D eigenvalue weighted by Gasteiger charge is -2.13. The van der Waals surface area contributed by atoms with E-state index in [-0.39, 0.29) is 11.9 Å². The molecule has 0 spiro atoms. The van der Waals surface area contributed by atoms with E-state index in [9.17, 15) is 4.39 Å². The molecule has 2 aromatic carbocycles. The molecule has 1 N–H and O–H groups in total. The number of nitrogens with one attached hydrogen (secondary N) is 1. The molecule has 22 heavy (non-hydrogen) atoms. The Morgan fingerprint density at radius 1 is 1.05 bits per heavy atom. The van der Waals surface area contributed by atoms with Gasteiger partial charge >= 0.3 is 0 Å². The maximum absolute atomic E-state index is 13.2. The van der Waals surface area contributed by atoms with Crippen molar-refractivity contribution in [1.82, 2.24) is 5.32 Å². The van der Waals surface area contributed by atoms with Crippen LogP contribution in [0.4, 0.5) is 4.39 Å². The molecule has 0 aliphatic carbocycles. The Balaban J connectivity index is 1.97. The summed E-state index contributed by atoms with van der Waals surface area (Å²) in [6, 6.07) is 15.0. The summed E-state index contributed by atoms with van der Waals surface area (Å²) < 4.78 is 14.4. The van der Waals surface area contributed by atoms with Crippen molar-refractivity contribution >= 4 is 27.8 Å². The molecule has 1 aliphatic rings. The van der Waals surface area contributed by atoms with E-state index < -0.39 is 0 Å². The van der Waals surface area contributed by atoms with Gasteiger partial charge in [-0.2, -0.15) is 0 Å². The molecular weight excluding hydrogens is 295 g/mol. The minimum atomic E-state index is -0.216. The third-order valence-electron chi connectivity index (χ3n) is 3.72. The van der Waals surface area contributed by atoms with Gasteiger partial charge in [0.05, 0.1) is 12.4 Å². The van der Waals surface area contributed by atoms with E-state index in [0.717, 1.165) is 10.4 Å². The molecule has 4 rings (SSSR count). The number of fused-ring (bicyclic) bond motifs is 1. The summed E-state index contributed by atoms with van der Waals surface area (Å²) >= 11 is 1.73. The van der Waals surface area contributed by atoms with Gasteiger partial charge in [0.15, 0.2) is 0 Å². The van der Waals surface area contributed by atoms with Crippen molar-refractivity contribution in [2.24, 2.45) is 4.99 Å². The number of hydrogen-bond acceptors (Lipinski definition) is 3. The molecule has 1 atom stereocenters. The van der Waals surface area contributed by atoms with Gasteiger partial charge in [-0.3, -0.25) is 4.99 Å². The van der Waals surface area contributed by atoms with Gasteiger partial charge in [-0.25, -0.2) is 4.39 Å². The van der Waals surface area contributed by atoms with Gasteiger partial charge in [0.25, 0.3) is 0 Å². The number of halogens is 1. The smallest absolute Gasteiger partial charge is 0.123 e. The quantitative estimate of drug-likeness (QED) is 0.716. The lowest BCUT2D eigenvalue weighted by atomic mass is 9.99. The first-order valence-corrected chi connectivity index (χ1v) is 7.86. The molecule has 1 unspecified atom stereocenters. The first-order valence-electron chi connectivity index (χ1n) is 7.05. The molecule has 1 aromatic heterocycles. The average molecular weight is 308 g/mol. The molecule has 2 nitrogen and oxygen atoms in total. The summed E-state index contributed by atoms with van der Waals surface area (Å²) in [7, 11) is 0. The van der Waals surface area contributed by atoms with Crippen LogP contribution in [0.2, 0.25) is 0 Å². The molecule has 0 amide bonds. The molecule has 0 bridgehead atoms. The SMILES string of the molecule is Fc1ccc(-c2sc3ccccc3c2C2C=CNC=N2)cc1. The molecule has 0 fully saturated rings. The van der Waals surface area contributed by atoms with Crippen LogP contribution >= 0.6 is 11.3 Å². The van der Waals surface area contributed by atoms with Crippen LogP contribution in [-0.2, 0) is 0 Å². The Morgan fingerprint density at radius 2 is 1.86 bits per heavy atom. The third-order valence-corrected chi connectivity index (χ3v) is 4.96. The maximum Gasteiger partial charge on any atom is 0.123 e. The van der Waals surface area contributed by atoms with E-state index in [1.54, 1.807) is 17.7 Å². The predicted octanol–water partition coefficient (Wildman–Crippen LogP) is 4.89. The molecule has 2 heterocycles. The van der Waals surface area contributed by atoms with E-state index in [1.165, 1.54) is 27.8 Å². The monoisotopic (exact) mass is 308 g/mol. The highest BCUT2D eigenvalue weighted by Gasteiger charge is 2.20. The van der Waals surface area contributed by atoms with Gasteiger partial charge in [0, 0.05) is 21.3 Å². The van der Waals surface area contributed by atoms with Crippen LogP contribution in [0.1, 0.15) is 11.6 Å². The average Bonchev–Trinajstić information content (AvgIpc) is 2.96. The Bertz CT molecular complexity index is 866. The molecule has 108 valence electrons. The lowest BCUT2D eigenvalue weighted by molar-refractivity contribution is 0.628. The van der Waals surface area contributed by atoms with Gasteiger partial charge in [-0.1, -0.05) is 30.3 Å². The van der Waals surface area contributed by atoms with Gasteiger partial charge in [0.2, 0.25) is 0 Å². The van der Waals surface area contributed by atoms with Crippen molar-refractivity contribution in [2.45, 2.75) is 6.04 Å². The second-order valence-corrected chi connectivity index (χ2v) is 6.15. The summed E-state index contributed by atoms with van der Waals surface area (Å²) in [6.07, 6.45) is 5.66. The molecule has 1 aliphatic heterocycles. The highest BCUT2D eigenvalue weighted by atomic mass is 32.1. The van der Waals surface area contributed by atoms with Crippen molar-refractivity contribution in [2.75, 3.05) is 0 Å². The van der Waals surface area contributed by atoms with E-state index in [1.807, 2.05) is 36.5 Å². The van der Waals surface area contributed by atoms with Crippen molar-refractivity contribution in [3.05, 3.63) is 72.2 Å². The summed E-state index contributed by atoms with van der Waals surface area (Å²) in [4.78, 5) is 5.68. The number of hydrogen-bond donors (Lipinski definition) is 1. The second-order valence-electron chi connectivity index (χ2n) is 5.10. The van der Waals surface area contributed by atoms with Crippen LogP contribution in [0.25, 0.3) is 20.5 Å². The molecule has 3 aromatic rings. The van der Waals surface area contributed by atoms with Gasteiger partial charge in [-0.05, 0) is 35.2 Å². The second kappa shape index (κ2) is 5.39. The van der Waals surface area contributed by atoms with Crippen molar-refractivity contribution < 1.29 is 4.39 Å². The molecule has 4 heteroatoms. The summed E-state index contributed by atoms with van der Waals surface area (Å²) in [5.74, 6) is -0.216. The molecule has 0 saturated carbocycles. The normalized spacial score (nSPS) is 16.9. The van der Waals surface area contributed by atoms with E-state index in [4.69, 9.17) is 0 Å². The fraction of sp³-hybridized carbons (Fsp3) is 0.0556. The number of thiophene rings is 1. The largest absolute Gasteiger partial charge is 0.353 e. The van der Waals surface area contributed by atoms with Gasteiger partial charge < -0.3 is 5.32 Å². The van der Waals surface area contributed by atoms with Gasteiger partial charge in [0.1, 0.15) is 5.82 Å². The zero-order valence-corrected chi connectivity index (χ0v) is 12.5. The van der Waals surface area contributed by atoms with Crippen molar-refractivity contribution in [1.29, 1.82) is 0 Å². The summed E-state index contributed by atoms with van der Waals surface area (Å²) in [5.41, 5.74) is 2.21. The van der Waals surface area contributed by atoms with E-state index >= 15 is 0 Å². The first kappa shape index (κ1) is 13.2. The van der Waals surface area contributed by atoms with Crippen LogP contribution in [0.3, 0.4) is 0 Å². The number of benzene rings is 2. The summed E-state index contributed by atoms with van der Waals surface area (Å²) in [5, 5.41) is 4.18. The van der Waals surface area contributed by atoms with Gasteiger partial charge in [-0.15, -0.1) is 11.3 Å². The predicted molar refractivity (Wildman–Crippen MR) is 90.7 cm³/mol. The fourth-order valence-electron chi connectivity index (χ4n) is 2.71. The van der Waals surface area contributed by atoms with E-state index in [0.29, 0.717) is 0 Å². The van der Waals surface area contributed by atoms with Crippen molar-refractivity contribution in [3.8, 4) is 10.4 Å². The van der Waals surface area contributed by atoms with Crippen molar-refractivity contribution in [3.63, 3.8) is 0 Å². The van der Waals surface area contributed by atoms with Crippen LogP contribution < -0.4 is 5.32 Å². The summed E-state index contributed by atoms with van der Waals surface area (Å²) in [6.45, 7) is 0. The van der Waals surface area contributed by atoms with Crippen LogP contribution in [-0.4, -0.2) is 6.34 Å². The maximum atomic E-state index is 13.2. The highest BCUT2D eigenvalue weighted by molar-refractivity contribution is 7.22. The Morgan fingerprint density at radius 3 is 2.64 bits per heavy atom. The minimum absolute atomic E-state index is 0.0162. The van der Waals surface area contributed by atoms with E-state index in [2.05, 4.69) is 22.4 Å². The third kappa shape index (κ3) is 2.22. The van der Waals surface area contributed by atoms with Crippen LogP contribution in [0.5, 0.6) is 0 Å². The Kier molecular flexibility index (Phi) is 3.24. The number of rotatable bonds is 2. The number of nitrogens with zero attached hydrogens (tertiary/aromatic N) is 1. The Labute approximate surface area is 131 Å². The van der Waals surface area contributed by atoms with Crippen LogP contribution in [0, 0.1) is 5.82 Å². The zero-order valence-electron chi connectivity index (χ0n) is 11.7. The standard InChI is InChI=1S/C18H13FN2S/c19-13-7-5-12(6-8-13)18-17(15-9-10-20-11-21-15)14-3-1-2-4-16(14)22-18/h1-11,15H,(H,20,21). The molecule has 0 radical (unpaired) electrons. The Hall–Kier alpha value is -2.46. The number of aliphatic imine (C=N–C) groups is 1. The minimum Gasteiger partial charge on any atom is -0.353 e. The topological polar surface area (TPSA) is 24.4 Å².